The highest BCUT2D eigenvalue weighted by Gasteiger charge is 2.41. The van der Waals surface area contributed by atoms with Gasteiger partial charge in [-0.1, -0.05) is 30.3 Å². The van der Waals surface area contributed by atoms with Crippen LogP contribution in [0.1, 0.15) is 12.2 Å². The van der Waals surface area contributed by atoms with Gasteiger partial charge in [-0.2, -0.15) is 13.2 Å². The first-order valence-corrected chi connectivity index (χ1v) is 10.0. The molecule has 0 N–H and O–H groups in total. The molecule has 0 radical (unpaired) electrons. The van der Waals surface area contributed by atoms with Gasteiger partial charge in [0.1, 0.15) is 29.1 Å². The number of fused-ring (bicyclic) bond motifs is 1. The summed E-state index contributed by atoms with van der Waals surface area (Å²) >= 11 is 1.48. The number of anilines is 1. The van der Waals surface area contributed by atoms with Crippen molar-refractivity contribution in [3.8, 4) is 11.1 Å². The van der Waals surface area contributed by atoms with E-state index in [1.807, 2.05) is 35.7 Å². The minimum absolute atomic E-state index is 0.0791. The molecule has 1 aliphatic heterocycles. The van der Waals surface area contributed by atoms with Crippen molar-refractivity contribution < 1.29 is 18.0 Å². The summed E-state index contributed by atoms with van der Waals surface area (Å²) in [4.78, 5) is 25.1. The Balaban J connectivity index is 1.74. The Morgan fingerprint density at radius 1 is 1.24 bits per heavy atom. The van der Waals surface area contributed by atoms with Crippen LogP contribution in [0.25, 0.3) is 21.3 Å². The van der Waals surface area contributed by atoms with Gasteiger partial charge in [0, 0.05) is 24.5 Å². The molecule has 2 aromatic heterocycles. The smallest absolute Gasteiger partial charge is 0.347 e. The van der Waals surface area contributed by atoms with Crippen LogP contribution in [0.3, 0.4) is 0 Å². The molecule has 4 rings (SSSR count). The maximum absolute atomic E-state index is 12.8. The number of carbonyl (C=O) groups excluding carboxylic acids is 1. The zero-order valence-electron chi connectivity index (χ0n) is 15.9. The summed E-state index contributed by atoms with van der Waals surface area (Å²) in [5, 5.41) is 2.81. The van der Waals surface area contributed by atoms with Crippen molar-refractivity contribution in [2.24, 2.45) is 0 Å². The zero-order valence-corrected chi connectivity index (χ0v) is 16.7. The van der Waals surface area contributed by atoms with Gasteiger partial charge >= 0.3 is 6.18 Å². The van der Waals surface area contributed by atoms with Crippen molar-refractivity contribution in [2.45, 2.75) is 25.6 Å². The van der Waals surface area contributed by atoms with Crippen molar-refractivity contribution in [1.82, 2.24) is 14.9 Å². The van der Waals surface area contributed by atoms with Crippen molar-refractivity contribution in [3.05, 3.63) is 41.5 Å². The first-order valence-electron chi connectivity index (χ1n) is 9.14. The zero-order chi connectivity index (χ0) is 20.8. The lowest BCUT2D eigenvalue weighted by Crippen LogP contribution is -2.43. The first-order chi connectivity index (χ1) is 13.7. The summed E-state index contributed by atoms with van der Waals surface area (Å²) in [7, 11) is 1.72. The van der Waals surface area contributed by atoms with Gasteiger partial charge in [-0.05, 0) is 18.9 Å². The van der Waals surface area contributed by atoms with E-state index in [0.717, 1.165) is 26.2 Å². The highest BCUT2D eigenvalue weighted by molar-refractivity contribution is 7.17. The second-order valence-electron chi connectivity index (χ2n) is 7.08. The van der Waals surface area contributed by atoms with Crippen molar-refractivity contribution in [1.29, 1.82) is 0 Å². The summed E-state index contributed by atoms with van der Waals surface area (Å²) in [6.07, 6.45) is -4.09. The maximum Gasteiger partial charge on any atom is 0.406 e. The molecule has 1 fully saturated rings. The van der Waals surface area contributed by atoms with Crippen LogP contribution in [-0.2, 0) is 4.79 Å². The number of likely N-dealkylation sites (tertiary alicyclic amines) is 1. The molecule has 1 unspecified atom stereocenters. The van der Waals surface area contributed by atoms with E-state index in [4.69, 9.17) is 0 Å². The fraction of sp³-hybridized carbons (Fsp3) is 0.350. The average molecular weight is 420 g/mol. The molecule has 3 aromatic rings. The SMILES string of the molecule is Cc1nc(N(C)C2CCN(CC(F)(F)F)C2=O)c2c(-c3ccccc3)csc2n1. The molecular weight excluding hydrogens is 401 g/mol. The molecule has 0 aliphatic carbocycles. The minimum atomic E-state index is -4.41. The molecule has 152 valence electrons. The molecule has 1 aliphatic rings. The fourth-order valence-electron chi connectivity index (χ4n) is 3.72. The minimum Gasteiger partial charge on any atom is -0.347 e. The molecule has 29 heavy (non-hydrogen) atoms. The summed E-state index contributed by atoms with van der Waals surface area (Å²) in [6.45, 7) is 0.628. The number of benzene rings is 1. The van der Waals surface area contributed by atoms with Gasteiger partial charge in [0.15, 0.2) is 0 Å². The lowest BCUT2D eigenvalue weighted by Gasteiger charge is -2.26. The molecule has 5 nitrogen and oxygen atoms in total. The summed E-state index contributed by atoms with van der Waals surface area (Å²) < 4.78 is 38.3. The van der Waals surface area contributed by atoms with Gasteiger partial charge in [0.25, 0.3) is 0 Å². The van der Waals surface area contributed by atoms with Crippen LogP contribution in [0.5, 0.6) is 0 Å². The van der Waals surface area contributed by atoms with E-state index in [-0.39, 0.29) is 6.54 Å². The molecule has 1 saturated heterocycles. The molecule has 1 aromatic carbocycles. The van der Waals surface area contributed by atoms with Gasteiger partial charge < -0.3 is 9.80 Å². The molecule has 0 spiro atoms. The van der Waals surface area contributed by atoms with Gasteiger partial charge in [-0.25, -0.2) is 9.97 Å². The number of rotatable bonds is 4. The van der Waals surface area contributed by atoms with E-state index in [1.54, 1.807) is 18.9 Å². The number of hydrogen-bond donors (Lipinski definition) is 0. The quantitative estimate of drug-likeness (QED) is 0.633. The lowest BCUT2D eigenvalue weighted by molar-refractivity contribution is -0.157. The Kier molecular flexibility index (Phi) is 4.94. The molecule has 3 heterocycles. The summed E-state index contributed by atoms with van der Waals surface area (Å²) in [5.74, 6) is 0.601. The van der Waals surface area contributed by atoms with Crippen LogP contribution < -0.4 is 4.90 Å². The third kappa shape index (κ3) is 3.78. The number of nitrogens with zero attached hydrogens (tertiary/aromatic N) is 4. The van der Waals surface area contributed by atoms with Crippen LogP contribution in [0, 0.1) is 6.92 Å². The summed E-state index contributed by atoms with van der Waals surface area (Å²) in [6, 6.07) is 9.09. The second kappa shape index (κ2) is 7.29. The molecule has 1 atom stereocenters. The third-order valence-corrected chi connectivity index (χ3v) is 5.92. The number of alkyl halides is 3. The van der Waals surface area contributed by atoms with E-state index >= 15 is 0 Å². The number of carbonyl (C=O) groups is 1. The molecule has 0 bridgehead atoms. The average Bonchev–Trinajstić information content (AvgIpc) is 3.24. The highest BCUT2D eigenvalue weighted by Crippen LogP contribution is 2.39. The van der Waals surface area contributed by atoms with Gasteiger partial charge in [0.2, 0.25) is 5.91 Å². The Morgan fingerprint density at radius 2 is 1.97 bits per heavy atom. The number of halogens is 3. The van der Waals surface area contributed by atoms with E-state index < -0.39 is 24.7 Å². The van der Waals surface area contributed by atoms with Crippen molar-refractivity contribution in [2.75, 3.05) is 25.0 Å². The van der Waals surface area contributed by atoms with Crippen molar-refractivity contribution >= 4 is 33.3 Å². The first kappa shape index (κ1) is 19.6. The topological polar surface area (TPSA) is 49.3 Å². The Hall–Kier alpha value is -2.68. The molecular formula is C20H19F3N4OS. The van der Waals surface area contributed by atoms with E-state index in [1.165, 1.54) is 11.3 Å². The maximum atomic E-state index is 12.8. The van der Waals surface area contributed by atoms with Crippen LogP contribution in [0.15, 0.2) is 35.7 Å². The predicted molar refractivity (Wildman–Crippen MR) is 107 cm³/mol. The lowest BCUT2D eigenvalue weighted by atomic mass is 10.1. The van der Waals surface area contributed by atoms with Gasteiger partial charge in [0.05, 0.1) is 5.39 Å². The van der Waals surface area contributed by atoms with Crippen LogP contribution in [-0.4, -0.2) is 53.1 Å². The number of thiophene rings is 1. The highest BCUT2D eigenvalue weighted by atomic mass is 32.1. The van der Waals surface area contributed by atoms with Gasteiger partial charge in [-0.15, -0.1) is 11.3 Å². The van der Waals surface area contributed by atoms with Crippen LogP contribution >= 0.6 is 11.3 Å². The Bertz CT molecular complexity index is 1050. The second-order valence-corrected chi connectivity index (χ2v) is 7.94. The number of hydrogen-bond acceptors (Lipinski definition) is 5. The predicted octanol–water partition coefficient (Wildman–Crippen LogP) is 4.27. The van der Waals surface area contributed by atoms with Crippen LogP contribution in [0.2, 0.25) is 0 Å². The third-order valence-electron chi connectivity index (χ3n) is 5.05. The van der Waals surface area contributed by atoms with E-state index in [9.17, 15) is 18.0 Å². The number of aryl methyl sites for hydroxylation is 1. The normalized spacial score (nSPS) is 17.3. The number of amides is 1. The number of aromatic nitrogens is 2. The largest absolute Gasteiger partial charge is 0.406 e. The van der Waals surface area contributed by atoms with Crippen LogP contribution in [0.4, 0.5) is 19.0 Å². The Labute approximate surface area is 169 Å². The van der Waals surface area contributed by atoms with Crippen molar-refractivity contribution in [3.63, 3.8) is 0 Å². The van der Waals surface area contributed by atoms with E-state index in [2.05, 4.69) is 9.97 Å². The monoisotopic (exact) mass is 420 g/mol. The molecule has 1 amide bonds. The standard InChI is InChI=1S/C20H19F3N4OS/c1-12-24-17(26(2)15-8-9-27(19(15)28)11-20(21,22)23)16-14(10-29-18(16)25-12)13-6-4-3-5-7-13/h3-7,10,15H,8-9,11H2,1-2H3. The fourth-order valence-corrected chi connectivity index (χ4v) is 4.70. The summed E-state index contributed by atoms with van der Waals surface area (Å²) in [5.41, 5.74) is 1.95. The number of likely N-dealkylation sites (N-methyl/N-ethyl adjacent to an activating group) is 1. The molecule has 0 saturated carbocycles. The van der Waals surface area contributed by atoms with Gasteiger partial charge in [-0.3, -0.25) is 4.79 Å². The van der Waals surface area contributed by atoms with E-state index in [0.29, 0.717) is 18.1 Å². The molecule has 9 heteroatoms. The Morgan fingerprint density at radius 3 is 2.66 bits per heavy atom.